The van der Waals surface area contributed by atoms with Gasteiger partial charge in [-0.3, -0.25) is 4.79 Å². The summed E-state index contributed by atoms with van der Waals surface area (Å²) in [6.07, 6.45) is -0.187. The molecule has 23 heavy (non-hydrogen) atoms. The van der Waals surface area contributed by atoms with Gasteiger partial charge in [-0.25, -0.2) is 9.78 Å². The van der Waals surface area contributed by atoms with Gasteiger partial charge in [0.1, 0.15) is 6.10 Å². The van der Waals surface area contributed by atoms with Crippen LogP contribution in [0.5, 0.6) is 0 Å². The van der Waals surface area contributed by atoms with Gasteiger partial charge in [0.25, 0.3) is 0 Å². The quantitative estimate of drug-likeness (QED) is 0.425. The van der Waals surface area contributed by atoms with Crippen molar-refractivity contribution >= 4 is 5.78 Å². The summed E-state index contributed by atoms with van der Waals surface area (Å²) >= 11 is 0. The fourth-order valence-corrected chi connectivity index (χ4v) is 2.24. The van der Waals surface area contributed by atoms with Gasteiger partial charge in [0.2, 0.25) is 0 Å². The highest BCUT2D eigenvalue weighted by Crippen LogP contribution is 2.26. The monoisotopic (exact) mass is 312 g/mol. The van der Waals surface area contributed by atoms with Crippen molar-refractivity contribution in [3.05, 3.63) is 71.3 Å². The summed E-state index contributed by atoms with van der Waals surface area (Å²) in [5.41, 5.74) is 2.20. The molecule has 0 saturated heterocycles. The van der Waals surface area contributed by atoms with Gasteiger partial charge >= 0.3 is 0 Å². The normalized spacial score (nSPS) is 12.9. The molecular formula is C20H24O3. The molecule has 3 heteroatoms. The van der Waals surface area contributed by atoms with Crippen molar-refractivity contribution in [3.8, 4) is 0 Å². The lowest BCUT2D eigenvalue weighted by atomic mass is 9.97. The van der Waals surface area contributed by atoms with E-state index in [1.54, 1.807) is 0 Å². The largest absolute Gasteiger partial charge is 0.294 e. The number of Topliss-reactive ketones (excluding diaryl/α,β-unsaturated/α-hetero) is 1. The molecule has 0 aliphatic heterocycles. The number of carbonyl (C=O) groups excluding carboxylic acids is 1. The molecule has 0 amide bonds. The minimum Gasteiger partial charge on any atom is -0.294 e. The molecule has 0 bridgehead atoms. The van der Waals surface area contributed by atoms with E-state index in [9.17, 15) is 4.79 Å². The van der Waals surface area contributed by atoms with E-state index in [4.69, 9.17) is 9.78 Å². The fraction of sp³-hybridized carbons (Fsp3) is 0.350. The Kier molecular flexibility index (Phi) is 5.69. The highest BCUT2D eigenvalue weighted by atomic mass is 17.2. The van der Waals surface area contributed by atoms with Crippen molar-refractivity contribution in [2.24, 2.45) is 0 Å². The van der Waals surface area contributed by atoms with E-state index in [1.165, 1.54) is 0 Å². The summed E-state index contributed by atoms with van der Waals surface area (Å²) in [7, 11) is 0. The Labute approximate surface area is 138 Å². The second-order valence-electron chi connectivity index (χ2n) is 6.63. The second kappa shape index (κ2) is 7.53. The molecule has 2 aromatic rings. The Morgan fingerprint density at radius 3 is 2.22 bits per heavy atom. The molecule has 0 radical (unpaired) electrons. The van der Waals surface area contributed by atoms with Crippen LogP contribution in [-0.4, -0.2) is 11.4 Å². The summed E-state index contributed by atoms with van der Waals surface area (Å²) in [6, 6.07) is 17.3. The van der Waals surface area contributed by atoms with Crippen LogP contribution < -0.4 is 0 Å². The van der Waals surface area contributed by atoms with E-state index in [1.807, 2.05) is 82.3 Å². The predicted octanol–water partition coefficient (Wildman–Crippen LogP) is 5.06. The molecule has 0 aromatic heterocycles. The molecule has 0 spiro atoms. The Morgan fingerprint density at radius 2 is 1.61 bits per heavy atom. The third-order valence-corrected chi connectivity index (χ3v) is 3.40. The van der Waals surface area contributed by atoms with Crippen molar-refractivity contribution in [3.63, 3.8) is 0 Å². The number of rotatable bonds is 6. The van der Waals surface area contributed by atoms with Crippen LogP contribution in [0.4, 0.5) is 0 Å². The predicted molar refractivity (Wildman–Crippen MR) is 91.2 cm³/mol. The van der Waals surface area contributed by atoms with Gasteiger partial charge in [-0.1, -0.05) is 54.6 Å². The van der Waals surface area contributed by atoms with Crippen LogP contribution >= 0.6 is 0 Å². The Hall–Kier alpha value is -1.97. The van der Waals surface area contributed by atoms with Gasteiger partial charge in [0.15, 0.2) is 5.78 Å². The topological polar surface area (TPSA) is 35.5 Å². The smallest absolute Gasteiger partial charge is 0.166 e. The Bertz CT molecular complexity index is 641. The first-order valence-corrected chi connectivity index (χ1v) is 7.85. The molecule has 0 N–H and O–H groups in total. The van der Waals surface area contributed by atoms with Gasteiger partial charge in [-0.2, -0.15) is 0 Å². The first kappa shape index (κ1) is 17.4. The molecule has 1 atom stereocenters. The van der Waals surface area contributed by atoms with Crippen LogP contribution in [0.15, 0.2) is 54.6 Å². The highest BCUT2D eigenvalue weighted by Gasteiger charge is 2.22. The first-order valence-electron chi connectivity index (χ1n) is 7.85. The minimum atomic E-state index is -0.432. The molecule has 2 aromatic carbocycles. The van der Waals surface area contributed by atoms with E-state index >= 15 is 0 Å². The number of carbonyl (C=O) groups is 1. The number of hydrogen-bond acceptors (Lipinski definition) is 3. The number of aryl methyl sites for hydroxylation is 1. The van der Waals surface area contributed by atoms with Crippen molar-refractivity contribution in [1.82, 2.24) is 0 Å². The van der Waals surface area contributed by atoms with Crippen LogP contribution in [0.2, 0.25) is 0 Å². The molecule has 3 nitrogen and oxygen atoms in total. The van der Waals surface area contributed by atoms with Gasteiger partial charge in [0, 0.05) is 12.0 Å². The first-order chi connectivity index (χ1) is 10.9. The van der Waals surface area contributed by atoms with Gasteiger partial charge in [0.05, 0.1) is 5.60 Å². The minimum absolute atomic E-state index is 0.0504. The average Bonchev–Trinajstić information content (AvgIpc) is 2.51. The summed E-state index contributed by atoms with van der Waals surface area (Å²) in [4.78, 5) is 23.7. The summed E-state index contributed by atoms with van der Waals surface area (Å²) in [5, 5.41) is 0. The molecule has 122 valence electrons. The highest BCUT2D eigenvalue weighted by molar-refractivity contribution is 5.97. The lowest BCUT2D eigenvalue weighted by Gasteiger charge is -2.23. The van der Waals surface area contributed by atoms with Crippen LogP contribution in [0.25, 0.3) is 0 Å². The molecule has 0 aliphatic rings. The summed E-state index contributed by atoms with van der Waals surface area (Å²) in [5.74, 6) is 0.0504. The van der Waals surface area contributed by atoms with Crippen molar-refractivity contribution in [2.45, 2.75) is 45.8 Å². The van der Waals surface area contributed by atoms with Crippen molar-refractivity contribution in [1.29, 1.82) is 0 Å². The summed E-state index contributed by atoms with van der Waals surface area (Å²) < 4.78 is 0. The number of benzene rings is 2. The average molecular weight is 312 g/mol. The Morgan fingerprint density at radius 1 is 1.00 bits per heavy atom. The van der Waals surface area contributed by atoms with E-state index in [2.05, 4.69) is 0 Å². The number of ketones is 1. The standard InChI is InChI=1S/C20H24O3/c1-15-10-8-9-13-17(15)18(21)14-19(22-23-20(2,3)4)16-11-6-5-7-12-16/h5-13,19H,14H2,1-4H3. The van der Waals surface area contributed by atoms with E-state index < -0.39 is 11.7 Å². The fourth-order valence-electron chi connectivity index (χ4n) is 2.24. The molecule has 0 aliphatic carbocycles. The molecule has 1 unspecified atom stereocenters. The van der Waals surface area contributed by atoms with Gasteiger partial charge < -0.3 is 0 Å². The van der Waals surface area contributed by atoms with Gasteiger partial charge in [-0.15, -0.1) is 0 Å². The maximum absolute atomic E-state index is 12.6. The third-order valence-electron chi connectivity index (χ3n) is 3.40. The Balaban J connectivity index is 2.17. The third kappa shape index (κ3) is 5.31. The van der Waals surface area contributed by atoms with Crippen molar-refractivity contribution in [2.75, 3.05) is 0 Å². The lowest BCUT2D eigenvalue weighted by molar-refractivity contribution is -0.375. The molecular weight excluding hydrogens is 288 g/mol. The second-order valence-corrected chi connectivity index (χ2v) is 6.63. The maximum Gasteiger partial charge on any atom is 0.166 e. The van der Waals surface area contributed by atoms with Crippen LogP contribution in [0, 0.1) is 6.92 Å². The zero-order valence-electron chi connectivity index (χ0n) is 14.2. The van der Waals surface area contributed by atoms with Crippen LogP contribution in [0.3, 0.4) is 0 Å². The molecule has 0 fully saturated rings. The van der Waals surface area contributed by atoms with Crippen LogP contribution in [0.1, 0.15) is 54.8 Å². The van der Waals surface area contributed by atoms with E-state index in [0.717, 1.165) is 16.7 Å². The van der Waals surface area contributed by atoms with Crippen molar-refractivity contribution < 1.29 is 14.6 Å². The number of hydrogen-bond donors (Lipinski definition) is 0. The SMILES string of the molecule is Cc1ccccc1C(=O)CC(OOC(C)(C)C)c1ccccc1. The summed E-state index contributed by atoms with van der Waals surface area (Å²) in [6.45, 7) is 7.69. The molecule has 0 heterocycles. The molecule has 2 rings (SSSR count). The zero-order valence-corrected chi connectivity index (χ0v) is 14.2. The van der Waals surface area contributed by atoms with Crippen LogP contribution in [-0.2, 0) is 9.78 Å². The van der Waals surface area contributed by atoms with E-state index in [-0.39, 0.29) is 12.2 Å². The van der Waals surface area contributed by atoms with Gasteiger partial charge in [-0.05, 0) is 38.8 Å². The zero-order chi connectivity index (χ0) is 16.9. The maximum atomic E-state index is 12.6. The lowest BCUT2D eigenvalue weighted by Crippen LogP contribution is -2.22. The molecule has 0 saturated carbocycles. The van der Waals surface area contributed by atoms with E-state index in [0.29, 0.717) is 0 Å².